The van der Waals surface area contributed by atoms with E-state index in [1.807, 2.05) is 0 Å². The van der Waals surface area contributed by atoms with E-state index in [1.54, 1.807) is 6.07 Å². The van der Waals surface area contributed by atoms with E-state index in [9.17, 15) is 14.0 Å². The average Bonchev–Trinajstić information content (AvgIpc) is 2.54. The van der Waals surface area contributed by atoms with Crippen LogP contribution in [-0.4, -0.2) is 23.4 Å². The van der Waals surface area contributed by atoms with E-state index in [4.69, 9.17) is 16.9 Å². The Morgan fingerprint density at radius 2 is 2.21 bits per heavy atom. The SMILES string of the molecule is CC1(c2ccc(F)cc2Cl)NC(=O)N(CC#N)C1=O. The Kier molecular flexibility index (Phi) is 3.16. The number of benzene rings is 1. The van der Waals surface area contributed by atoms with Crippen molar-refractivity contribution in [3.05, 3.63) is 34.6 Å². The molecule has 3 amide bonds. The molecule has 1 saturated heterocycles. The summed E-state index contributed by atoms with van der Waals surface area (Å²) in [5.41, 5.74) is -1.10. The maximum atomic E-state index is 13.0. The minimum Gasteiger partial charge on any atom is -0.319 e. The number of nitrogens with zero attached hydrogens (tertiary/aromatic N) is 2. The van der Waals surface area contributed by atoms with Crippen molar-refractivity contribution in [3.8, 4) is 6.07 Å². The number of imide groups is 1. The highest BCUT2D eigenvalue weighted by Gasteiger charge is 2.49. The standard InChI is InChI=1S/C12H9ClFN3O2/c1-12(8-3-2-7(14)6-9(8)13)10(18)17(5-4-15)11(19)16-12/h2-3,6H,5H2,1H3,(H,16,19). The molecule has 0 spiro atoms. The minimum absolute atomic E-state index is 0.0370. The predicted molar refractivity (Wildman–Crippen MR) is 64.6 cm³/mol. The van der Waals surface area contributed by atoms with Gasteiger partial charge in [-0.25, -0.2) is 14.1 Å². The summed E-state index contributed by atoms with van der Waals surface area (Å²) in [5, 5.41) is 11.1. The first-order chi connectivity index (χ1) is 8.90. The molecule has 1 N–H and O–H groups in total. The molecule has 0 aliphatic carbocycles. The number of hydrogen-bond acceptors (Lipinski definition) is 3. The number of halogens is 2. The smallest absolute Gasteiger partial charge is 0.319 e. The van der Waals surface area contributed by atoms with E-state index in [0.717, 1.165) is 17.0 Å². The van der Waals surface area contributed by atoms with Crippen molar-refractivity contribution < 1.29 is 14.0 Å². The van der Waals surface area contributed by atoms with Gasteiger partial charge in [0.05, 0.1) is 6.07 Å². The summed E-state index contributed by atoms with van der Waals surface area (Å²) in [4.78, 5) is 24.7. The van der Waals surface area contributed by atoms with E-state index in [-0.39, 0.29) is 17.1 Å². The lowest BCUT2D eigenvalue weighted by Crippen LogP contribution is -2.41. The van der Waals surface area contributed by atoms with Crippen molar-refractivity contribution in [2.24, 2.45) is 0 Å². The number of urea groups is 1. The Labute approximate surface area is 113 Å². The summed E-state index contributed by atoms with van der Waals surface area (Å²) >= 11 is 5.91. The Hall–Kier alpha value is -2.13. The van der Waals surface area contributed by atoms with Crippen LogP contribution in [0.25, 0.3) is 0 Å². The van der Waals surface area contributed by atoms with Gasteiger partial charge in [-0.1, -0.05) is 17.7 Å². The zero-order chi connectivity index (χ0) is 14.2. The van der Waals surface area contributed by atoms with Crippen LogP contribution in [-0.2, 0) is 10.3 Å². The Bertz CT molecular complexity index is 613. The molecule has 1 aliphatic rings. The quantitative estimate of drug-likeness (QED) is 0.663. The third-order valence-electron chi connectivity index (χ3n) is 2.97. The summed E-state index contributed by atoms with van der Waals surface area (Å²) in [6.45, 7) is 1.11. The lowest BCUT2D eigenvalue weighted by Gasteiger charge is -2.23. The van der Waals surface area contributed by atoms with Gasteiger partial charge in [0.1, 0.15) is 17.9 Å². The van der Waals surface area contributed by atoms with E-state index >= 15 is 0 Å². The molecule has 1 atom stereocenters. The van der Waals surface area contributed by atoms with Crippen molar-refractivity contribution in [2.75, 3.05) is 6.54 Å². The highest BCUT2D eigenvalue weighted by atomic mass is 35.5. The van der Waals surface area contributed by atoms with Crippen molar-refractivity contribution in [1.82, 2.24) is 10.2 Å². The maximum absolute atomic E-state index is 13.0. The zero-order valence-corrected chi connectivity index (χ0v) is 10.7. The summed E-state index contributed by atoms with van der Waals surface area (Å²) in [6.07, 6.45) is 0. The summed E-state index contributed by atoms with van der Waals surface area (Å²) in [6, 6.07) is 4.62. The Balaban J connectivity index is 2.47. The second-order valence-electron chi connectivity index (χ2n) is 4.23. The molecule has 7 heteroatoms. The van der Waals surface area contributed by atoms with Gasteiger partial charge >= 0.3 is 6.03 Å². The van der Waals surface area contributed by atoms with Gasteiger partial charge in [-0.3, -0.25) is 4.79 Å². The van der Waals surface area contributed by atoms with Crippen molar-refractivity contribution >= 4 is 23.5 Å². The third-order valence-corrected chi connectivity index (χ3v) is 3.29. The fraction of sp³-hybridized carbons (Fsp3) is 0.250. The van der Waals surface area contributed by atoms with Crippen molar-refractivity contribution in [3.63, 3.8) is 0 Å². The van der Waals surface area contributed by atoms with Crippen LogP contribution < -0.4 is 5.32 Å². The number of carbonyl (C=O) groups is 2. The lowest BCUT2D eigenvalue weighted by molar-refractivity contribution is -0.130. The van der Waals surface area contributed by atoms with Crippen LogP contribution in [0.2, 0.25) is 5.02 Å². The van der Waals surface area contributed by atoms with Crippen LogP contribution >= 0.6 is 11.6 Å². The van der Waals surface area contributed by atoms with Gasteiger partial charge in [-0.15, -0.1) is 0 Å². The molecule has 5 nitrogen and oxygen atoms in total. The first-order valence-electron chi connectivity index (χ1n) is 5.36. The molecule has 0 radical (unpaired) electrons. The number of nitrogens with one attached hydrogen (secondary N) is 1. The molecule has 1 unspecified atom stereocenters. The number of rotatable bonds is 2. The average molecular weight is 282 g/mol. The summed E-state index contributed by atoms with van der Waals surface area (Å²) in [7, 11) is 0. The second-order valence-corrected chi connectivity index (χ2v) is 4.64. The van der Waals surface area contributed by atoms with Crippen LogP contribution in [0.5, 0.6) is 0 Å². The van der Waals surface area contributed by atoms with Crippen LogP contribution in [0.4, 0.5) is 9.18 Å². The Morgan fingerprint density at radius 1 is 1.53 bits per heavy atom. The summed E-state index contributed by atoms with van der Waals surface area (Å²) < 4.78 is 13.0. The minimum atomic E-state index is -1.39. The first-order valence-corrected chi connectivity index (χ1v) is 5.74. The largest absolute Gasteiger partial charge is 0.326 e. The van der Waals surface area contributed by atoms with Gasteiger partial charge in [0, 0.05) is 10.6 Å². The molecule has 0 saturated carbocycles. The highest BCUT2D eigenvalue weighted by Crippen LogP contribution is 2.33. The maximum Gasteiger partial charge on any atom is 0.326 e. The van der Waals surface area contributed by atoms with Crippen LogP contribution in [0.3, 0.4) is 0 Å². The van der Waals surface area contributed by atoms with Crippen molar-refractivity contribution in [1.29, 1.82) is 5.26 Å². The van der Waals surface area contributed by atoms with Gasteiger partial charge < -0.3 is 5.32 Å². The fourth-order valence-corrected chi connectivity index (χ4v) is 2.34. The topological polar surface area (TPSA) is 73.2 Å². The van der Waals surface area contributed by atoms with Gasteiger partial charge in [0.2, 0.25) is 0 Å². The van der Waals surface area contributed by atoms with Crippen LogP contribution in [0.15, 0.2) is 18.2 Å². The number of hydrogen-bond donors (Lipinski definition) is 1. The second kappa shape index (κ2) is 4.52. The highest BCUT2D eigenvalue weighted by molar-refractivity contribution is 6.32. The van der Waals surface area contributed by atoms with E-state index in [1.165, 1.54) is 13.0 Å². The molecule has 1 aromatic carbocycles. The first kappa shape index (κ1) is 13.3. The molecular weight excluding hydrogens is 273 g/mol. The molecule has 2 rings (SSSR count). The van der Waals surface area contributed by atoms with Crippen molar-refractivity contribution in [2.45, 2.75) is 12.5 Å². The normalized spacial score (nSPS) is 22.3. The third kappa shape index (κ3) is 2.02. The van der Waals surface area contributed by atoms with Gasteiger partial charge in [0.25, 0.3) is 5.91 Å². The number of amides is 3. The summed E-state index contributed by atoms with van der Waals surface area (Å²) in [5.74, 6) is -1.13. The fourth-order valence-electron chi connectivity index (χ4n) is 1.99. The molecule has 1 fully saturated rings. The molecule has 98 valence electrons. The van der Waals surface area contributed by atoms with E-state index in [2.05, 4.69) is 5.32 Å². The predicted octanol–water partition coefficient (Wildman–Crippen LogP) is 1.77. The molecule has 0 aromatic heterocycles. The molecular formula is C12H9ClFN3O2. The van der Waals surface area contributed by atoms with Gasteiger partial charge in [-0.2, -0.15) is 5.26 Å². The molecule has 19 heavy (non-hydrogen) atoms. The number of nitriles is 1. The molecule has 0 bridgehead atoms. The Morgan fingerprint density at radius 3 is 2.79 bits per heavy atom. The van der Waals surface area contributed by atoms with Crippen LogP contribution in [0, 0.1) is 17.1 Å². The van der Waals surface area contributed by atoms with E-state index < -0.39 is 23.3 Å². The number of carbonyl (C=O) groups excluding carboxylic acids is 2. The zero-order valence-electron chi connectivity index (χ0n) is 9.91. The molecule has 1 aromatic rings. The lowest BCUT2D eigenvalue weighted by atomic mass is 9.92. The van der Waals surface area contributed by atoms with E-state index in [0.29, 0.717) is 0 Å². The molecule has 1 heterocycles. The monoisotopic (exact) mass is 281 g/mol. The van der Waals surface area contributed by atoms with Gasteiger partial charge in [0.15, 0.2) is 0 Å². The molecule has 1 aliphatic heterocycles. The van der Waals surface area contributed by atoms with Crippen LogP contribution in [0.1, 0.15) is 12.5 Å². The van der Waals surface area contributed by atoms with Gasteiger partial charge in [-0.05, 0) is 19.1 Å².